The normalized spacial score (nSPS) is 13.8. The molecule has 1 saturated carbocycles. The molecular weight excluding hydrogens is 264 g/mol. The van der Waals surface area contributed by atoms with Gasteiger partial charge in [-0.05, 0) is 51.0 Å². The first-order chi connectivity index (χ1) is 10.1. The molecule has 1 fully saturated rings. The van der Waals surface area contributed by atoms with Gasteiger partial charge in [0.15, 0.2) is 5.78 Å². The van der Waals surface area contributed by atoms with Crippen LogP contribution in [0.25, 0.3) is 0 Å². The molecule has 0 aliphatic heterocycles. The highest BCUT2D eigenvalue weighted by molar-refractivity contribution is 5.94. The van der Waals surface area contributed by atoms with Crippen molar-refractivity contribution in [1.29, 1.82) is 0 Å². The second-order valence-electron chi connectivity index (χ2n) is 5.36. The molecule has 1 heterocycles. The van der Waals surface area contributed by atoms with Crippen LogP contribution in [-0.4, -0.2) is 21.8 Å². The summed E-state index contributed by atoms with van der Waals surface area (Å²) in [6.45, 7) is 3.44. The smallest absolute Gasteiger partial charge is 0.159 e. The summed E-state index contributed by atoms with van der Waals surface area (Å²) in [7, 11) is 0. The van der Waals surface area contributed by atoms with E-state index < -0.39 is 0 Å². The van der Waals surface area contributed by atoms with Crippen LogP contribution in [0.5, 0.6) is 0 Å². The van der Waals surface area contributed by atoms with Crippen molar-refractivity contribution >= 4 is 23.1 Å². The van der Waals surface area contributed by atoms with E-state index in [-0.39, 0.29) is 5.78 Å². The summed E-state index contributed by atoms with van der Waals surface area (Å²) in [5, 5.41) is 6.61. The molecule has 5 nitrogen and oxygen atoms in total. The first-order valence-electron chi connectivity index (χ1n) is 7.10. The van der Waals surface area contributed by atoms with Crippen molar-refractivity contribution in [3.8, 4) is 0 Å². The minimum absolute atomic E-state index is 0.0651. The van der Waals surface area contributed by atoms with Gasteiger partial charge in [-0.25, -0.2) is 9.97 Å². The lowest BCUT2D eigenvalue weighted by Crippen LogP contribution is -2.06. The number of carbonyl (C=O) groups is 1. The summed E-state index contributed by atoms with van der Waals surface area (Å²) >= 11 is 0. The van der Waals surface area contributed by atoms with Crippen molar-refractivity contribution in [3.63, 3.8) is 0 Å². The summed E-state index contributed by atoms with van der Waals surface area (Å²) in [6.07, 6.45) is 2.41. The molecule has 21 heavy (non-hydrogen) atoms. The number of nitrogens with one attached hydrogen (secondary N) is 2. The van der Waals surface area contributed by atoms with Crippen LogP contribution < -0.4 is 10.6 Å². The van der Waals surface area contributed by atoms with E-state index in [1.54, 1.807) is 6.92 Å². The summed E-state index contributed by atoms with van der Waals surface area (Å²) in [6, 6.07) is 9.83. The molecular formula is C16H18N4O. The highest BCUT2D eigenvalue weighted by Gasteiger charge is 2.21. The third-order valence-electron chi connectivity index (χ3n) is 3.33. The predicted octanol–water partition coefficient (Wildman–Crippen LogP) is 3.31. The van der Waals surface area contributed by atoms with Gasteiger partial charge in [-0.3, -0.25) is 4.79 Å². The van der Waals surface area contributed by atoms with E-state index >= 15 is 0 Å². The topological polar surface area (TPSA) is 66.9 Å². The molecule has 3 rings (SSSR count). The minimum atomic E-state index is 0.0651. The number of rotatable bonds is 5. The van der Waals surface area contributed by atoms with Crippen LogP contribution in [0.4, 0.5) is 17.3 Å². The largest absolute Gasteiger partial charge is 0.367 e. The highest BCUT2D eigenvalue weighted by Crippen LogP contribution is 2.25. The maximum atomic E-state index is 11.3. The fourth-order valence-electron chi connectivity index (χ4n) is 2.08. The van der Waals surface area contributed by atoms with Gasteiger partial charge < -0.3 is 10.6 Å². The molecule has 1 aliphatic carbocycles. The monoisotopic (exact) mass is 282 g/mol. The first kappa shape index (κ1) is 13.5. The van der Waals surface area contributed by atoms with Gasteiger partial charge in [0.1, 0.15) is 17.5 Å². The van der Waals surface area contributed by atoms with Gasteiger partial charge in [0.25, 0.3) is 0 Å². The zero-order chi connectivity index (χ0) is 14.8. The maximum Gasteiger partial charge on any atom is 0.159 e. The average Bonchev–Trinajstić information content (AvgIpc) is 3.22. The standard InChI is InChI=1S/C16H18N4O/c1-10(21)12-3-5-13(6-4-12)19-15-9-16(18-11(2)17-15)20-14-7-8-14/h3-6,9,14H,7-8H2,1-2H3,(H2,17,18,19,20). The van der Waals surface area contributed by atoms with E-state index in [1.807, 2.05) is 37.3 Å². The van der Waals surface area contributed by atoms with Gasteiger partial charge in [0.05, 0.1) is 0 Å². The Hall–Kier alpha value is -2.43. The van der Waals surface area contributed by atoms with Gasteiger partial charge in [0.2, 0.25) is 0 Å². The molecule has 0 radical (unpaired) electrons. The Morgan fingerprint density at radius 1 is 1.14 bits per heavy atom. The van der Waals surface area contributed by atoms with E-state index in [0.717, 1.165) is 23.1 Å². The van der Waals surface area contributed by atoms with Crippen molar-refractivity contribution < 1.29 is 4.79 Å². The number of Topliss-reactive ketones (excluding diaryl/α,β-unsaturated/α-hetero) is 1. The highest BCUT2D eigenvalue weighted by atomic mass is 16.1. The minimum Gasteiger partial charge on any atom is -0.367 e. The predicted molar refractivity (Wildman–Crippen MR) is 83.1 cm³/mol. The van der Waals surface area contributed by atoms with Gasteiger partial charge in [-0.1, -0.05) is 0 Å². The molecule has 1 aliphatic rings. The van der Waals surface area contributed by atoms with Crippen LogP contribution in [0.15, 0.2) is 30.3 Å². The molecule has 1 aromatic heterocycles. The molecule has 0 amide bonds. The lowest BCUT2D eigenvalue weighted by atomic mass is 10.1. The third kappa shape index (κ3) is 3.56. The van der Waals surface area contributed by atoms with Crippen LogP contribution in [0.1, 0.15) is 35.9 Å². The van der Waals surface area contributed by atoms with Gasteiger partial charge in [0, 0.05) is 23.4 Å². The number of ketones is 1. The van der Waals surface area contributed by atoms with Gasteiger partial charge in [-0.2, -0.15) is 0 Å². The van der Waals surface area contributed by atoms with E-state index in [0.29, 0.717) is 11.6 Å². The van der Waals surface area contributed by atoms with Gasteiger partial charge >= 0.3 is 0 Å². The molecule has 2 aromatic rings. The van der Waals surface area contributed by atoms with Crippen molar-refractivity contribution in [3.05, 3.63) is 41.7 Å². The molecule has 0 spiro atoms. The Morgan fingerprint density at radius 2 is 1.81 bits per heavy atom. The number of aryl methyl sites for hydroxylation is 1. The number of nitrogens with zero attached hydrogens (tertiary/aromatic N) is 2. The maximum absolute atomic E-state index is 11.3. The number of aromatic nitrogens is 2. The Balaban J connectivity index is 1.76. The number of hydrogen-bond donors (Lipinski definition) is 2. The molecule has 0 saturated heterocycles. The van der Waals surface area contributed by atoms with E-state index in [2.05, 4.69) is 20.6 Å². The van der Waals surface area contributed by atoms with Crippen LogP contribution in [0.2, 0.25) is 0 Å². The second kappa shape index (κ2) is 5.52. The lowest BCUT2D eigenvalue weighted by Gasteiger charge is -2.10. The molecule has 2 N–H and O–H groups in total. The number of anilines is 3. The molecule has 108 valence electrons. The fourth-order valence-corrected chi connectivity index (χ4v) is 2.08. The first-order valence-corrected chi connectivity index (χ1v) is 7.10. The Morgan fingerprint density at radius 3 is 2.43 bits per heavy atom. The molecule has 0 bridgehead atoms. The number of carbonyl (C=O) groups excluding carboxylic acids is 1. The van der Waals surface area contributed by atoms with Crippen molar-refractivity contribution in [1.82, 2.24) is 9.97 Å². The summed E-state index contributed by atoms with van der Waals surface area (Å²) in [5.41, 5.74) is 1.60. The zero-order valence-corrected chi connectivity index (χ0v) is 12.2. The van der Waals surface area contributed by atoms with Crippen LogP contribution in [0.3, 0.4) is 0 Å². The van der Waals surface area contributed by atoms with E-state index in [4.69, 9.17) is 0 Å². The Kier molecular flexibility index (Phi) is 3.56. The van der Waals surface area contributed by atoms with Crippen LogP contribution >= 0.6 is 0 Å². The number of hydrogen-bond acceptors (Lipinski definition) is 5. The van der Waals surface area contributed by atoms with E-state index in [9.17, 15) is 4.79 Å². The fraction of sp³-hybridized carbons (Fsp3) is 0.312. The lowest BCUT2D eigenvalue weighted by molar-refractivity contribution is 0.101. The summed E-state index contributed by atoms with van der Waals surface area (Å²) in [4.78, 5) is 20.0. The SMILES string of the molecule is CC(=O)c1ccc(Nc2cc(NC3CC3)nc(C)n2)cc1. The molecule has 0 atom stereocenters. The van der Waals surface area contributed by atoms with Crippen molar-refractivity contribution in [2.45, 2.75) is 32.7 Å². The average molecular weight is 282 g/mol. The summed E-state index contributed by atoms with van der Waals surface area (Å²) in [5.74, 6) is 2.40. The van der Waals surface area contributed by atoms with E-state index in [1.165, 1.54) is 12.8 Å². The van der Waals surface area contributed by atoms with Crippen LogP contribution in [-0.2, 0) is 0 Å². The van der Waals surface area contributed by atoms with Gasteiger partial charge in [-0.15, -0.1) is 0 Å². The summed E-state index contributed by atoms with van der Waals surface area (Å²) < 4.78 is 0. The Bertz CT molecular complexity index is 662. The second-order valence-corrected chi connectivity index (χ2v) is 5.36. The molecule has 1 aromatic carbocycles. The molecule has 5 heteroatoms. The zero-order valence-electron chi connectivity index (χ0n) is 12.2. The Labute approximate surface area is 123 Å². The van der Waals surface area contributed by atoms with Crippen LogP contribution in [0, 0.1) is 6.92 Å². The van der Waals surface area contributed by atoms with Crippen molar-refractivity contribution in [2.75, 3.05) is 10.6 Å². The number of benzene rings is 1. The third-order valence-corrected chi connectivity index (χ3v) is 3.33. The van der Waals surface area contributed by atoms with Crippen molar-refractivity contribution in [2.24, 2.45) is 0 Å². The quantitative estimate of drug-likeness (QED) is 0.824. The molecule has 0 unspecified atom stereocenters.